The maximum Gasteiger partial charge on any atom is 0.255 e. The minimum atomic E-state index is -0.597. The average molecular weight is 460 g/mol. The smallest absolute Gasteiger partial charge is 0.255 e. The third-order valence-electron chi connectivity index (χ3n) is 5.41. The van der Waals surface area contributed by atoms with Gasteiger partial charge in [-0.25, -0.2) is 0 Å². The fourth-order valence-corrected chi connectivity index (χ4v) is 3.95. The van der Waals surface area contributed by atoms with Crippen LogP contribution in [0.5, 0.6) is 0 Å². The van der Waals surface area contributed by atoms with Gasteiger partial charge >= 0.3 is 0 Å². The SMILES string of the molecule is Cl.Cl.NCCCCN(CCCN)c1cccc2c1CN(C1CCC(=O)NC1=O)C2=O. The Morgan fingerprint density at radius 1 is 1.03 bits per heavy atom. The number of hydrogen-bond acceptors (Lipinski definition) is 6. The molecule has 2 aliphatic heterocycles. The summed E-state index contributed by atoms with van der Waals surface area (Å²) in [6, 6.07) is 5.13. The van der Waals surface area contributed by atoms with Crippen molar-refractivity contribution >= 4 is 48.2 Å². The molecular weight excluding hydrogens is 429 g/mol. The molecule has 1 aromatic carbocycles. The van der Waals surface area contributed by atoms with Crippen molar-refractivity contribution in [2.24, 2.45) is 11.5 Å². The van der Waals surface area contributed by atoms with Gasteiger partial charge in [-0.2, -0.15) is 0 Å². The van der Waals surface area contributed by atoms with Crippen LogP contribution in [0.4, 0.5) is 5.69 Å². The fraction of sp³-hybridized carbons (Fsp3) is 0.550. The minimum Gasteiger partial charge on any atom is -0.371 e. The van der Waals surface area contributed by atoms with Gasteiger partial charge in [-0.1, -0.05) is 6.07 Å². The molecule has 1 saturated heterocycles. The van der Waals surface area contributed by atoms with Gasteiger partial charge in [0, 0.05) is 42.9 Å². The van der Waals surface area contributed by atoms with Gasteiger partial charge < -0.3 is 21.3 Å². The Morgan fingerprint density at radius 3 is 2.40 bits per heavy atom. The van der Waals surface area contributed by atoms with Gasteiger partial charge in [0.1, 0.15) is 6.04 Å². The first-order valence-electron chi connectivity index (χ1n) is 9.98. The molecule has 30 heavy (non-hydrogen) atoms. The van der Waals surface area contributed by atoms with E-state index in [2.05, 4.69) is 10.2 Å². The number of nitrogens with two attached hydrogens (primary N) is 2. The van der Waals surface area contributed by atoms with Gasteiger partial charge in [-0.05, 0) is 50.9 Å². The van der Waals surface area contributed by atoms with E-state index in [1.165, 1.54) is 0 Å². The van der Waals surface area contributed by atoms with Crippen molar-refractivity contribution in [3.05, 3.63) is 29.3 Å². The highest BCUT2D eigenvalue weighted by atomic mass is 35.5. The lowest BCUT2D eigenvalue weighted by Gasteiger charge is -2.30. The molecule has 2 aliphatic rings. The Hall–Kier alpha value is -1.87. The van der Waals surface area contributed by atoms with E-state index in [1.807, 2.05) is 18.2 Å². The van der Waals surface area contributed by atoms with E-state index in [-0.39, 0.29) is 49.0 Å². The molecular formula is C20H31Cl2N5O3. The summed E-state index contributed by atoms with van der Waals surface area (Å²) in [5, 5.41) is 2.35. The Bertz CT molecular complexity index is 762. The Labute approximate surface area is 189 Å². The van der Waals surface area contributed by atoms with Gasteiger partial charge in [-0.3, -0.25) is 19.7 Å². The van der Waals surface area contributed by atoms with E-state index >= 15 is 0 Å². The van der Waals surface area contributed by atoms with Crippen molar-refractivity contribution < 1.29 is 14.4 Å². The Kier molecular flexibility index (Phi) is 10.6. The normalized spacial score (nSPS) is 17.7. The molecule has 5 N–H and O–H groups in total. The van der Waals surface area contributed by atoms with Gasteiger partial charge in [-0.15, -0.1) is 24.8 Å². The predicted octanol–water partition coefficient (Wildman–Crippen LogP) is 1.19. The van der Waals surface area contributed by atoms with Crippen LogP contribution in [0.25, 0.3) is 0 Å². The van der Waals surface area contributed by atoms with Crippen molar-refractivity contribution in [1.82, 2.24) is 10.2 Å². The molecule has 3 rings (SSSR count). The summed E-state index contributed by atoms with van der Waals surface area (Å²) < 4.78 is 0. The highest BCUT2D eigenvalue weighted by Crippen LogP contribution is 2.34. The Morgan fingerprint density at radius 2 is 1.73 bits per heavy atom. The number of hydrogen-bond donors (Lipinski definition) is 3. The third kappa shape index (κ3) is 5.63. The second-order valence-corrected chi connectivity index (χ2v) is 7.33. The molecule has 2 heterocycles. The number of nitrogens with zero attached hydrogens (tertiary/aromatic N) is 2. The molecule has 0 saturated carbocycles. The van der Waals surface area contributed by atoms with Crippen molar-refractivity contribution in [3.8, 4) is 0 Å². The van der Waals surface area contributed by atoms with E-state index in [0.29, 0.717) is 31.6 Å². The van der Waals surface area contributed by atoms with Crippen LogP contribution >= 0.6 is 24.8 Å². The lowest BCUT2D eigenvalue weighted by molar-refractivity contribution is -0.136. The predicted molar refractivity (Wildman–Crippen MR) is 121 cm³/mol. The van der Waals surface area contributed by atoms with Gasteiger partial charge in [0.25, 0.3) is 5.91 Å². The quantitative estimate of drug-likeness (QED) is 0.376. The summed E-state index contributed by atoms with van der Waals surface area (Å²) in [6.07, 6.45) is 3.39. The first-order valence-corrected chi connectivity index (χ1v) is 9.98. The monoisotopic (exact) mass is 459 g/mol. The summed E-state index contributed by atoms with van der Waals surface area (Å²) in [5.74, 6) is -0.812. The Balaban J connectivity index is 0.00000225. The summed E-state index contributed by atoms with van der Waals surface area (Å²) in [7, 11) is 0. The number of anilines is 1. The maximum absolute atomic E-state index is 13.0. The number of imide groups is 1. The molecule has 0 bridgehead atoms. The van der Waals surface area contributed by atoms with Crippen LogP contribution in [0, 0.1) is 0 Å². The molecule has 8 nitrogen and oxygen atoms in total. The third-order valence-corrected chi connectivity index (χ3v) is 5.41. The molecule has 1 atom stereocenters. The van der Waals surface area contributed by atoms with E-state index < -0.39 is 6.04 Å². The molecule has 0 radical (unpaired) electrons. The summed E-state index contributed by atoms with van der Waals surface area (Å²) in [5.41, 5.74) is 13.9. The molecule has 1 unspecified atom stereocenters. The second-order valence-electron chi connectivity index (χ2n) is 7.33. The topological polar surface area (TPSA) is 122 Å². The number of carbonyl (C=O) groups excluding carboxylic acids is 3. The van der Waals surface area contributed by atoms with Crippen LogP contribution < -0.4 is 21.7 Å². The fourth-order valence-electron chi connectivity index (χ4n) is 3.95. The van der Waals surface area contributed by atoms with Crippen molar-refractivity contribution in [2.75, 3.05) is 31.1 Å². The molecule has 0 aliphatic carbocycles. The van der Waals surface area contributed by atoms with E-state index in [0.717, 1.165) is 43.6 Å². The zero-order valence-electron chi connectivity index (χ0n) is 17.0. The van der Waals surface area contributed by atoms with Crippen molar-refractivity contribution in [1.29, 1.82) is 0 Å². The number of fused-ring (bicyclic) bond motifs is 1. The summed E-state index contributed by atoms with van der Waals surface area (Å²) in [4.78, 5) is 40.5. The number of carbonyl (C=O) groups is 3. The van der Waals surface area contributed by atoms with Crippen LogP contribution in [-0.4, -0.2) is 54.8 Å². The number of amides is 3. The lowest BCUT2D eigenvalue weighted by Crippen LogP contribution is -2.52. The molecule has 3 amide bonds. The molecule has 0 aromatic heterocycles. The van der Waals surface area contributed by atoms with Crippen LogP contribution in [0.3, 0.4) is 0 Å². The van der Waals surface area contributed by atoms with E-state index in [9.17, 15) is 14.4 Å². The number of piperidine rings is 1. The van der Waals surface area contributed by atoms with Gasteiger partial charge in [0.2, 0.25) is 11.8 Å². The van der Waals surface area contributed by atoms with Crippen molar-refractivity contribution in [3.63, 3.8) is 0 Å². The number of benzene rings is 1. The number of nitrogens with one attached hydrogen (secondary N) is 1. The average Bonchev–Trinajstić information content (AvgIpc) is 3.01. The number of rotatable bonds is 9. The zero-order chi connectivity index (χ0) is 20.1. The maximum atomic E-state index is 13.0. The lowest BCUT2D eigenvalue weighted by atomic mass is 10.0. The highest BCUT2D eigenvalue weighted by molar-refractivity contribution is 6.06. The molecule has 168 valence electrons. The van der Waals surface area contributed by atoms with Gasteiger partial charge in [0.05, 0.1) is 0 Å². The van der Waals surface area contributed by atoms with Crippen molar-refractivity contribution in [2.45, 2.75) is 44.7 Å². The molecule has 0 spiro atoms. The molecule has 1 aromatic rings. The molecule has 10 heteroatoms. The zero-order valence-corrected chi connectivity index (χ0v) is 18.6. The highest BCUT2D eigenvalue weighted by Gasteiger charge is 2.40. The largest absolute Gasteiger partial charge is 0.371 e. The van der Waals surface area contributed by atoms with Gasteiger partial charge in [0.15, 0.2) is 0 Å². The van der Waals surface area contributed by atoms with Crippen LogP contribution in [-0.2, 0) is 16.1 Å². The number of halogens is 2. The summed E-state index contributed by atoms with van der Waals surface area (Å²) >= 11 is 0. The standard InChI is InChI=1S/C20H29N5O3.2ClH/c21-9-1-2-11-24(12-4-10-22)16-6-3-5-14-15(16)13-25(20(14)28)17-7-8-18(26)23-19(17)27;;/h3,5-6,17H,1-2,4,7-13,21-22H2,(H,23,26,27);2*1H. The first kappa shape index (κ1) is 26.2. The van der Waals surface area contributed by atoms with E-state index in [4.69, 9.17) is 11.5 Å². The van der Waals surface area contributed by atoms with Crippen LogP contribution in [0.2, 0.25) is 0 Å². The van der Waals surface area contributed by atoms with Crippen LogP contribution in [0.15, 0.2) is 18.2 Å². The minimum absolute atomic E-state index is 0. The second kappa shape index (κ2) is 12.1. The molecule has 1 fully saturated rings. The number of unbranched alkanes of at least 4 members (excludes halogenated alkanes) is 1. The van der Waals surface area contributed by atoms with Crippen LogP contribution in [0.1, 0.15) is 48.0 Å². The van der Waals surface area contributed by atoms with E-state index in [1.54, 1.807) is 4.90 Å². The first-order chi connectivity index (χ1) is 13.6. The summed E-state index contributed by atoms with van der Waals surface area (Å²) in [6.45, 7) is 3.29.